The Labute approximate surface area is 95.3 Å². The fourth-order valence-electron chi connectivity index (χ4n) is 1.32. The van der Waals surface area contributed by atoms with Gasteiger partial charge in [-0.15, -0.1) is 0 Å². The molecule has 5 heteroatoms. The highest BCUT2D eigenvalue weighted by Gasteiger charge is 2.29. The lowest BCUT2D eigenvalue weighted by Gasteiger charge is -2.17. The summed E-state index contributed by atoms with van der Waals surface area (Å²) in [6.07, 6.45) is 0. The van der Waals surface area contributed by atoms with E-state index in [1.165, 1.54) is 0 Å². The van der Waals surface area contributed by atoms with Crippen molar-refractivity contribution in [1.29, 1.82) is 5.26 Å². The second-order valence-corrected chi connectivity index (χ2v) is 4.96. The van der Waals surface area contributed by atoms with Gasteiger partial charge in [0.2, 0.25) is 0 Å². The van der Waals surface area contributed by atoms with E-state index in [9.17, 15) is 4.57 Å². The molecular weight excluding hydrogens is 225 g/mol. The third-order valence-electron chi connectivity index (χ3n) is 1.92. The number of benzene rings is 1. The highest BCUT2D eigenvalue weighted by Crippen LogP contribution is 2.47. The van der Waals surface area contributed by atoms with Crippen LogP contribution in [0.3, 0.4) is 0 Å². The molecule has 86 valence electrons. The highest BCUT2D eigenvalue weighted by atomic mass is 31.2. The van der Waals surface area contributed by atoms with E-state index in [4.69, 9.17) is 14.3 Å². The largest absolute Gasteiger partial charge is 0.362 e. The van der Waals surface area contributed by atoms with E-state index >= 15 is 0 Å². The Morgan fingerprint density at radius 1 is 1.25 bits per heavy atom. The van der Waals surface area contributed by atoms with E-state index in [1.54, 1.807) is 38.1 Å². The number of nitrogens with zero attached hydrogens (tertiary/aromatic N) is 1. The molecule has 1 rings (SSSR count). The molecule has 0 aliphatic carbocycles. The Morgan fingerprint density at radius 2 is 1.81 bits per heavy atom. The molecule has 0 atom stereocenters. The maximum atomic E-state index is 12.4. The van der Waals surface area contributed by atoms with E-state index in [-0.39, 0.29) is 13.2 Å². The van der Waals surface area contributed by atoms with Gasteiger partial charge in [0.1, 0.15) is 6.07 Å². The Hall–Kier alpha value is -1.14. The van der Waals surface area contributed by atoms with Crippen LogP contribution >= 0.6 is 7.60 Å². The highest BCUT2D eigenvalue weighted by molar-refractivity contribution is 7.62. The first-order chi connectivity index (χ1) is 7.68. The molecule has 0 saturated carbocycles. The summed E-state index contributed by atoms with van der Waals surface area (Å²) in [6.45, 7) is 4.02. The molecule has 0 heterocycles. The van der Waals surface area contributed by atoms with Gasteiger partial charge in [0.05, 0.1) is 24.1 Å². The minimum absolute atomic E-state index is 0.275. The predicted molar refractivity (Wildman–Crippen MR) is 61.6 cm³/mol. The second-order valence-electron chi connectivity index (χ2n) is 2.96. The third-order valence-corrected chi connectivity index (χ3v) is 4.09. The summed E-state index contributed by atoms with van der Waals surface area (Å²) in [5.74, 6) is 0. The van der Waals surface area contributed by atoms with E-state index < -0.39 is 7.60 Å². The topological polar surface area (TPSA) is 59.3 Å². The van der Waals surface area contributed by atoms with Gasteiger partial charge in [-0.05, 0) is 26.0 Å². The van der Waals surface area contributed by atoms with Crippen molar-refractivity contribution in [3.8, 4) is 6.07 Å². The normalized spacial score (nSPS) is 11.1. The van der Waals surface area contributed by atoms with Gasteiger partial charge in [-0.3, -0.25) is 4.57 Å². The number of hydrogen-bond acceptors (Lipinski definition) is 4. The van der Waals surface area contributed by atoms with E-state index in [1.807, 2.05) is 6.07 Å². The Bertz CT molecular complexity index is 429. The summed E-state index contributed by atoms with van der Waals surface area (Å²) in [4.78, 5) is 0. The van der Waals surface area contributed by atoms with Crippen molar-refractivity contribution in [2.45, 2.75) is 13.8 Å². The lowest BCUT2D eigenvalue weighted by molar-refractivity contribution is 0.230. The van der Waals surface area contributed by atoms with E-state index in [0.717, 1.165) is 0 Å². The van der Waals surface area contributed by atoms with Crippen LogP contribution in [0.25, 0.3) is 0 Å². The fraction of sp³-hybridized carbons (Fsp3) is 0.364. The molecule has 0 aliphatic rings. The summed E-state index contributed by atoms with van der Waals surface area (Å²) < 4.78 is 22.8. The zero-order valence-electron chi connectivity index (χ0n) is 9.34. The maximum absolute atomic E-state index is 12.4. The molecule has 0 N–H and O–H groups in total. The first-order valence-corrected chi connectivity index (χ1v) is 6.61. The van der Waals surface area contributed by atoms with Crippen molar-refractivity contribution in [3.63, 3.8) is 0 Å². The van der Waals surface area contributed by atoms with Gasteiger partial charge >= 0.3 is 7.60 Å². The molecule has 1 aromatic carbocycles. The maximum Gasteiger partial charge on any atom is 0.362 e. The van der Waals surface area contributed by atoms with Crippen LogP contribution in [0, 0.1) is 11.3 Å². The number of nitriles is 1. The van der Waals surface area contributed by atoms with Crippen LogP contribution in [0.5, 0.6) is 0 Å². The molecule has 0 fully saturated rings. The Kier molecular flexibility index (Phi) is 4.70. The lowest BCUT2D eigenvalue weighted by Crippen LogP contribution is -2.13. The average Bonchev–Trinajstić information content (AvgIpc) is 2.29. The van der Waals surface area contributed by atoms with Crippen molar-refractivity contribution in [3.05, 3.63) is 29.8 Å². The monoisotopic (exact) mass is 239 g/mol. The first-order valence-electron chi connectivity index (χ1n) is 5.06. The molecule has 0 aliphatic heterocycles. The molecular formula is C11H14NO3P. The van der Waals surface area contributed by atoms with Gasteiger partial charge in [-0.2, -0.15) is 5.26 Å². The van der Waals surface area contributed by atoms with Crippen LogP contribution in [-0.4, -0.2) is 13.2 Å². The zero-order valence-corrected chi connectivity index (χ0v) is 10.2. The molecule has 1 aromatic rings. The van der Waals surface area contributed by atoms with Crippen molar-refractivity contribution in [2.24, 2.45) is 0 Å². The standard InChI is InChI=1S/C11H14NO3P/c1-3-14-16(13,15-4-2)11-8-6-5-7-10(11)9-12/h5-8H,3-4H2,1-2H3. The van der Waals surface area contributed by atoms with Crippen molar-refractivity contribution in [2.75, 3.05) is 13.2 Å². The molecule has 0 bridgehead atoms. The van der Waals surface area contributed by atoms with Gasteiger partial charge < -0.3 is 9.05 Å². The summed E-state index contributed by atoms with van der Waals surface area (Å²) in [5, 5.41) is 9.27. The summed E-state index contributed by atoms with van der Waals surface area (Å²) >= 11 is 0. The summed E-state index contributed by atoms with van der Waals surface area (Å²) in [5.41, 5.74) is 0.327. The van der Waals surface area contributed by atoms with Gasteiger partial charge in [0.25, 0.3) is 0 Å². The predicted octanol–water partition coefficient (Wildman–Crippen LogP) is 2.45. The zero-order chi connectivity index (χ0) is 12.0. The van der Waals surface area contributed by atoms with Gasteiger partial charge in [-0.25, -0.2) is 0 Å². The molecule has 0 amide bonds. The smallest absolute Gasteiger partial charge is 0.305 e. The van der Waals surface area contributed by atoms with Crippen LogP contribution in [-0.2, 0) is 13.6 Å². The van der Waals surface area contributed by atoms with Crippen molar-refractivity contribution < 1.29 is 13.6 Å². The molecule has 0 aromatic heterocycles. The summed E-state index contributed by atoms with van der Waals surface area (Å²) in [6, 6.07) is 8.61. The van der Waals surface area contributed by atoms with Crippen LogP contribution in [0.4, 0.5) is 0 Å². The van der Waals surface area contributed by atoms with E-state index in [2.05, 4.69) is 0 Å². The molecule has 16 heavy (non-hydrogen) atoms. The molecule has 0 saturated heterocycles. The minimum Gasteiger partial charge on any atom is -0.305 e. The van der Waals surface area contributed by atoms with Gasteiger partial charge in [-0.1, -0.05) is 12.1 Å². The van der Waals surface area contributed by atoms with Crippen LogP contribution in [0.15, 0.2) is 24.3 Å². The van der Waals surface area contributed by atoms with Crippen molar-refractivity contribution in [1.82, 2.24) is 0 Å². The van der Waals surface area contributed by atoms with E-state index in [0.29, 0.717) is 10.9 Å². The van der Waals surface area contributed by atoms with Crippen molar-refractivity contribution >= 4 is 12.9 Å². The van der Waals surface area contributed by atoms with Gasteiger partial charge in [0.15, 0.2) is 0 Å². The SMILES string of the molecule is CCOP(=O)(OCC)c1ccccc1C#N. The number of rotatable bonds is 5. The molecule has 0 radical (unpaired) electrons. The van der Waals surface area contributed by atoms with Crippen LogP contribution in [0.2, 0.25) is 0 Å². The van der Waals surface area contributed by atoms with Gasteiger partial charge in [0, 0.05) is 0 Å². The first kappa shape index (κ1) is 12.9. The van der Waals surface area contributed by atoms with Crippen LogP contribution in [0.1, 0.15) is 19.4 Å². The average molecular weight is 239 g/mol. The quantitative estimate of drug-likeness (QED) is 0.740. The Balaban J connectivity index is 3.21. The minimum atomic E-state index is -3.35. The third kappa shape index (κ3) is 2.70. The van der Waals surface area contributed by atoms with Crippen LogP contribution < -0.4 is 5.30 Å². The lowest BCUT2D eigenvalue weighted by atomic mass is 10.2. The number of hydrogen-bond donors (Lipinski definition) is 0. The Morgan fingerprint density at radius 3 is 2.31 bits per heavy atom. The molecule has 4 nitrogen and oxygen atoms in total. The molecule has 0 unspecified atom stereocenters. The second kappa shape index (κ2) is 5.81. The molecule has 0 spiro atoms. The fourth-order valence-corrected chi connectivity index (χ4v) is 3.04. The summed E-state index contributed by atoms with van der Waals surface area (Å²) in [7, 11) is -3.35.